The van der Waals surface area contributed by atoms with E-state index in [4.69, 9.17) is 4.42 Å². The van der Waals surface area contributed by atoms with Crippen LogP contribution in [-0.2, 0) is 0 Å². The smallest absolute Gasteiger partial charge is 0.134 e. The van der Waals surface area contributed by atoms with E-state index in [0.717, 1.165) is 11.3 Å². The lowest BCUT2D eigenvalue weighted by Gasteiger charge is -2.18. The van der Waals surface area contributed by atoms with Crippen LogP contribution < -0.4 is 5.32 Å². The largest absolute Gasteiger partial charge is 0.466 e. The molecule has 0 saturated carbocycles. The molecule has 0 radical (unpaired) electrons. The summed E-state index contributed by atoms with van der Waals surface area (Å²) < 4.78 is 33.6. The Balaban J connectivity index is 2.61. The van der Waals surface area contributed by atoms with Gasteiger partial charge in [-0.1, -0.05) is 6.07 Å². The standard InChI is InChI=1S/C15H17F2NO/c1-8-5-6-12(16)13(14(8)17)15(18-4)11-7-9(2)19-10(11)3/h5-7,15,18H,1-4H3. The molecule has 1 N–H and O–H groups in total. The molecule has 2 aromatic rings. The van der Waals surface area contributed by atoms with Gasteiger partial charge >= 0.3 is 0 Å². The van der Waals surface area contributed by atoms with Gasteiger partial charge in [0.2, 0.25) is 0 Å². The number of nitrogens with one attached hydrogen (secondary N) is 1. The fourth-order valence-corrected chi connectivity index (χ4v) is 2.34. The second-order valence-electron chi connectivity index (χ2n) is 4.68. The number of rotatable bonds is 3. The van der Waals surface area contributed by atoms with E-state index in [1.807, 2.05) is 6.92 Å². The Labute approximate surface area is 111 Å². The molecule has 1 aromatic carbocycles. The van der Waals surface area contributed by atoms with Gasteiger partial charge in [-0.15, -0.1) is 0 Å². The SMILES string of the molecule is CNC(c1cc(C)oc1C)c1c(F)ccc(C)c1F. The number of hydrogen-bond acceptors (Lipinski definition) is 2. The predicted molar refractivity (Wildman–Crippen MR) is 70.2 cm³/mol. The van der Waals surface area contributed by atoms with Crippen LogP contribution in [-0.4, -0.2) is 7.05 Å². The first-order chi connectivity index (χ1) is 8.95. The summed E-state index contributed by atoms with van der Waals surface area (Å²) in [6.45, 7) is 5.23. The fraction of sp³-hybridized carbons (Fsp3) is 0.333. The van der Waals surface area contributed by atoms with Crippen molar-refractivity contribution in [2.45, 2.75) is 26.8 Å². The molecule has 0 amide bonds. The maximum atomic E-state index is 14.2. The van der Waals surface area contributed by atoms with Gasteiger partial charge in [0.05, 0.1) is 6.04 Å². The first-order valence-corrected chi connectivity index (χ1v) is 6.14. The number of halogens is 2. The molecule has 2 rings (SSSR count). The molecule has 0 fully saturated rings. The first kappa shape index (κ1) is 13.7. The Kier molecular flexibility index (Phi) is 3.71. The molecule has 1 atom stereocenters. The highest BCUT2D eigenvalue weighted by Crippen LogP contribution is 2.31. The second-order valence-corrected chi connectivity index (χ2v) is 4.68. The molecule has 1 aromatic heterocycles. The van der Waals surface area contributed by atoms with E-state index in [9.17, 15) is 8.78 Å². The minimum atomic E-state index is -0.558. The molecule has 2 nitrogen and oxygen atoms in total. The summed E-state index contributed by atoms with van der Waals surface area (Å²) in [5.41, 5.74) is 1.21. The molecule has 0 aliphatic heterocycles. The van der Waals surface area contributed by atoms with Crippen LogP contribution in [0.1, 0.15) is 34.3 Å². The minimum absolute atomic E-state index is 0.0337. The van der Waals surface area contributed by atoms with Crippen LogP contribution in [0.4, 0.5) is 8.78 Å². The Morgan fingerprint density at radius 1 is 1.16 bits per heavy atom. The number of aryl methyl sites for hydroxylation is 3. The lowest BCUT2D eigenvalue weighted by Crippen LogP contribution is -2.21. The van der Waals surface area contributed by atoms with Crippen molar-refractivity contribution in [3.8, 4) is 0 Å². The van der Waals surface area contributed by atoms with Crippen LogP contribution in [0, 0.1) is 32.4 Å². The molecule has 102 valence electrons. The van der Waals surface area contributed by atoms with Gasteiger partial charge < -0.3 is 9.73 Å². The molecule has 0 saturated heterocycles. The molecule has 0 aliphatic carbocycles. The summed E-state index contributed by atoms with van der Waals surface area (Å²) in [5, 5.41) is 2.96. The molecule has 1 unspecified atom stereocenters. The minimum Gasteiger partial charge on any atom is -0.466 e. The Hall–Kier alpha value is -1.68. The van der Waals surface area contributed by atoms with Crippen molar-refractivity contribution in [1.82, 2.24) is 5.32 Å². The van der Waals surface area contributed by atoms with Crippen LogP contribution in [0.2, 0.25) is 0 Å². The zero-order valence-electron chi connectivity index (χ0n) is 11.5. The highest BCUT2D eigenvalue weighted by molar-refractivity contribution is 5.38. The summed E-state index contributed by atoms with van der Waals surface area (Å²) in [7, 11) is 1.67. The Bertz CT molecular complexity index is 604. The van der Waals surface area contributed by atoms with Gasteiger partial charge in [0.15, 0.2) is 0 Å². The van der Waals surface area contributed by atoms with E-state index in [1.54, 1.807) is 27.0 Å². The average Bonchev–Trinajstić information content (AvgIpc) is 2.69. The van der Waals surface area contributed by atoms with Crippen molar-refractivity contribution >= 4 is 0 Å². The van der Waals surface area contributed by atoms with Gasteiger partial charge in [0, 0.05) is 11.1 Å². The monoisotopic (exact) mass is 265 g/mol. The van der Waals surface area contributed by atoms with Crippen molar-refractivity contribution in [2.24, 2.45) is 0 Å². The predicted octanol–water partition coefficient (Wildman–Crippen LogP) is 3.79. The average molecular weight is 265 g/mol. The van der Waals surface area contributed by atoms with Gasteiger partial charge in [0.1, 0.15) is 23.2 Å². The van der Waals surface area contributed by atoms with Crippen molar-refractivity contribution < 1.29 is 13.2 Å². The maximum absolute atomic E-state index is 14.2. The summed E-state index contributed by atoms with van der Waals surface area (Å²) in [5.74, 6) is 0.316. The number of furan rings is 1. The third-order valence-electron chi connectivity index (χ3n) is 3.29. The van der Waals surface area contributed by atoms with Gasteiger partial charge in [-0.25, -0.2) is 8.78 Å². The molecular formula is C15H17F2NO. The molecule has 0 bridgehead atoms. The second kappa shape index (κ2) is 5.13. The molecule has 0 spiro atoms. The molecule has 4 heteroatoms. The van der Waals surface area contributed by atoms with E-state index >= 15 is 0 Å². The topological polar surface area (TPSA) is 25.2 Å². The highest BCUT2D eigenvalue weighted by Gasteiger charge is 2.24. The number of benzene rings is 1. The lowest BCUT2D eigenvalue weighted by atomic mass is 9.96. The van der Waals surface area contributed by atoms with Gasteiger partial charge in [-0.2, -0.15) is 0 Å². The molecule has 1 heterocycles. The molecule has 19 heavy (non-hydrogen) atoms. The van der Waals surface area contributed by atoms with Crippen molar-refractivity contribution in [1.29, 1.82) is 0 Å². The van der Waals surface area contributed by atoms with E-state index in [-0.39, 0.29) is 5.56 Å². The van der Waals surface area contributed by atoms with Gasteiger partial charge in [-0.3, -0.25) is 0 Å². The lowest BCUT2D eigenvalue weighted by molar-refractivity contribution is 0.487. The zero-order valence-corrected chi connectivity index (χ0v) is 11.5. The van der Waals surface area contributed by atoms with Crippen LogP contribution in [0.25, 0.3) is 0 Å². The Morgan fingerprint density at radius 3 is 2.37 bits per heavy atom. The summed E-state index contributed by atoms with van der Waals surface area (Å²) in [6, 6.07) is 3.98. The van der Waals surface area contributed by atoms with E-state index in [2.05, 4.69) is 5.32 Å². The zero-order chi connectivity index (χ0) is 14.2. The van der Waals surface area contributed by atoms with Crippen molar-refractivity contribution in [3.63, 3.8) is 0 Å². The van der Waals surface area contributed by atoms with Crippen molar-refractivity contribution in [2.75, 3.05) is 7.05 Å². The van der Waals surface area contributed by atoms with Crippen molar-refractivity contribution in [3.05, 3.63) is 58.0 Å². The van der Waals surface area contributed by atoms with Crippen LogP contribution in [0.5, 0.6) is 0 Å². The summed E-state index contributed by atoms with van der Waals surface area (Å²) >= 11 is 0. The number of hydrogen-bond donors (Lipinski definition) is 1. The van der Waals surface area contributed by atoms with E-state index in [1.165, 1.54) is 12.1 Å². The third kappa shape index (κ3) is 2.40. The molecular weight excluding hydrogens is 248 g/mol. The van der Waals surface area contributed by atoms with E-state index < -0.39 is 17.7 Å². The van der Waals surface area contributed by atoms with Gasteiger partial charge in [0.25, 0.3) is 0 Å². The summed E-state index contributed by atoms with van der Waals surface area (Å²) in [4.78, 5) is 0. The maximum Gasteiger partial charge on any atom is 0.134 e. The quantitative estimate of drug-likeness (QED) is 0.913. The fourth-order valence-electron chi connectivity index (χ4n) is 2.34. The Morgan fingerprint density at radius 2 is 1.84 bits per heavy atom. The summed E-state index contributed by atoms with van der Waals surface area (Å²) in [6.07, 6.45) is 0. The van der Waals surface area contributed by atoms with Crippen LogP contribution in [0.15, 0.2) is 22.6 Å². The van der Waals surface area contributed by atoms with E-state index in [0.29, 0.717) is 11.3 Å². The third-order valence-corrected chi connectivity index (χ3v) is 3.29. The molecule has 0 aliphatic rings. The first-order valence-electron chi connectivity index (χ1n) is 6.14. The van der Waals surface area contributed by atoms with Crippen LogP contribution in [0.3, 0.4) is 0 Å². The normalized spacial score (nSPS) is 12.7. The van der Waals surface area contributed by atoms with Gasteiger partial charge in [-0.05, 0) is 45.5 Å². The van der Waals surface area contributed by atoms with Crippen LogP contribution >= 0.6 is 0 Å². The highest BCUT2D eigenvalue weighted by atomic mass is 19.1.